The largest absolute Gasteiger partial charge is 0.416 e. The molecule has 0 radical (unpaired) electrons. The van der Waals surface area contributed by atoms with Crippen LogP contribution in [-0.2, 0) is 6.18 Å². The molecule has 3 aromatic carbocycles. The molecule has 1 atom stereocenters. The van der Waals surface area contributed by atoms with Crippen LogP contribution in [0, 0.1) is 11.6 Å². The summed E-state index contributed by atoms with van der Waals surface area (Å²) in [6.07, 6.45) is 0.189. The Balaban J connectivity index is 1.51. The number of amides is 2. The summed E-state index contributed by atoms with van der Waals surface area (Å²) in [5, 5.41) is 5.41. The first-order valence-electron chi connectivity index (χ1n) is 12.0. The first kappa shape index (κ1) is 26.5. The van der Waals surface area contributed by atoms with Crippen LogP contribution < -0.4 is 10.6 Å². The van der Waals surface area contributed by atoms with Gasteiger partial charge >= 0.3 is 6.18 Å². The number of halogens is 6. The number of imidazole rings is 1. The molecule has 0 aliphatic carbocycles. The van der Waals surface area contributed by atoms with E-state index in [1.165, 1.54) is 12.1 Å². The van der Waals surface area contributed by atoms with Gasteiger partial charge in [0.15, 0.2) is 0 Å². The van der Waals surface area contributed by atoms with Crippen molar-refractivity contribution in [2.75, 3.05) is 5.32 Å². The lowest BCUT2D eigenvalue weighted by molar-refractivity contribution is -0.137. The molecule has 6 nitrogen and oxygen atoms in total. The smallest absolute Gasteiger partial charge is 0.341 e. The number of hydrogen-bond acceptors (Lipinski definition) is 3. The van der Waals surface area contributed by atoms with E-state index in [1.54, 1.807) is 41.2 Å². The van der Waals surface area contributed by atoms with E-state index in [4.69, 9.17) is 11.6 Å². The maximum atomic E-state index is 14.2. The molecule has 41 heavy (non-hydrogen) atoms. The maximum Gasteiger partial charge on any atom is 0.416 e. The van der Waals surface area contributed by atoms with Crippen LogP contribution in [0.3, 0.4) is 0 Å². The number of carbonyl (C=O) groups is 2. The first-order chi connectivity index (χ1) is 19.5. The molecule has 2 aromatic heterocycles. The number of benzene rings is 3. The summed E-state index contributed by atoms with van der Waals surface area (Å²) in [5.41, 5.74) is 0.340. The van der Waals surface area contributed by atoms with Crippen LogP contribution >= 0.6 is 11.6 Å². The molecule has 1 aliphatic heterocycles. The molecule has 206 valence electrons. The monoisotopic (exact) mass is 582 g/mol. The molecule has 0 spiro atoms. The van der Waals surface area contributed by atoms with E-state index in [1.807, 2.05) is 0 Å². The summed E-state index contributed by atoms with van der Waals surface area (Å²) in [6.45, 7) is 0. The molecule has 2 N–H and O–H groups in total. The highest BCUT2D eigenvalue weighted by Gasteiger charge is 2.36. The highest BCUT2D eigenvalue weighted by atomic mass is 35.5. The Bertz CT molecular complexity index is 1890. The third-order valence-corrected chi connectivity index (χ3v) is 7.07. The van der Waals surface area contributed by atoms with Gasteiger partial charge < -0.3 is 15.0 Å². The minimum Gasteiger partial charge on any atom is -0.341 e. The van der Waals surface area contributed by atoms with Gasteiger partial charge in [0, 0.05) is 51.6 Å². The van der Waals surface area contributed by atoms with Crippen molar-refractivity contribution in [2.45, 2.75) is 12.2 Å². The highest BCUT2D eigenvalue weighted by Crippen LogP contribution is 2.42. The van der Waals surface area contributed by atoms with Crippen molar-refractivity contribution in [3.8, 4) is 11.1 Å². The van der Waals surface area contributed by atoms with E-state index in [9.17, 15) is 31.5 Å². The number of rotatable bonds is 4. The Kier molecular flexibility index (Phi) is 6.26. The van der Waals surface area contributed by atoms with Crippen molar-refractivity contribution in [2.24, 2.45) is 0 Å². The zero-order valence-corrected chi connectivity index (χ0v) is 21.3. The minimum absolute atomic E-state index is 0.0345. The van der Waals surface area contributed by atoms with Crippen LogP contribution in [0.4, 0.5) is 27.6 Å². The predicted molar refractivity (Wildman–Crippen MR) is 141 cm³/mol. The molecule has 6 rings (SSSR count). The Morgan fingerprint density at radius 1 is 0.951 bits per heavy atom. The van der Waals surface area contributed by atoms with E-state index in [0.717, 1.165) is 12.1 Å². The normalized spacial score (nSPS) is 14.7. The zero-order chi connectivity index (χ0) is 29.1. The fourth-order valence-corrected chi connectivity index (χ4v) is 5.07. The van der Waals surface area contributed by atoms with E-state index in [-0.39, 0.29) is 33.5 Å². The number of carbonyl (C=O) groups excluding carboxylic acids is 2. The Morgan fingerprint density at radius 2 is 1.76 bits per heavy atom. The molecule has 12 heteroatoms. The van der Waals surface area contributed by atoms with Gasteiger partial charge in [-0.25, -0.2) is 13.8 Å². The SMILES string of the molecule is O=C(Nc1cc(-c2ccn3ccnc3c2)cc2c1[C@@H](c1cc(F)ccc1Cl)NC2=O)c1cc(F)cc(C(F)(F)F)c1. The summed E-state index contributed by atoms with van der Waals surface area (Å²) in [4.78, 5) is 30.6. The fraction of sp³-hybridized carbons (Fsp3) is 0.0690. The Hall–Kier alpha value is -4.77. The highest BCUT2D eigenvalue weighted by molar-refractivity contribution is 6.31. The number of hydrogen-bond donors (Lipinski definition) is 2. The van der Waals surface area contributed by atoms with Crippen LogP contribution in [0.15, 0.2) is 79.3 Å². The summed E-state index contributed by atoms with van der Waals surface area (Å²) in [5.74, 6) is -3.48. The van der Waals surface area contributed by atoms with Gasteiger partial charge in [-0.1, -0.05) is 11.6 Å². The van der Waals surface area contributed by atoms with Gasteiger partial charge in [-0.3, -0.25) is 9.59 Å². The lowest BCUT2D eigenvalue weighted by atomic mass is 9.92. The van der Waals surface area contributed by atoms with Crippen molar-refractivity contribution in [3.05, 3.63) is 124 Å². The quantitative estimate of drug-likeness (QED) is 0.223. The average Bonchev–Trinajstić information content (AvgIpc) is 3.53. The maximum absolute atomic E-state index is 14.2. The Morgan fingerprint density at radius 3 is 2.54 bits per heavy atom. The van der Waals surface area contributed by atoms with Gasteiger partial charge in [0.25, 0.3) is 11.8 Å². The topological polar surface area (TPSA) is 75.5 Å². The van der Waals surface area contributed by atoms with Crippen molar-refractivity contribution < 1.29 is 31.5 Å². The lowest BCUT2D eigenvalue weighted by Crippen LogP contribution is -2.21. The second-order valence-corrected chi connectivity index (χ2v) is 9.75. The second-order valence-electron chi connectivity index (χ2n) is 9.35. The van der Waals surface area contributed by atoms with Crippen LogP contribution in [0.1, 0.15) is 43.4 Å². The van der Waals surface area contributed by atoms with E-state index in [0.29, 0.717) is 28.9 Å². The van der Waals surface area contributed by atoms with E-state index in [2.05, 4.69) is 15.6 Å². The molecule has 2 amide bonds. The van der Waals surface area contributed by atoms with Crippen LogP contribution in [0.2, 0.25) is 5.02 Å². The summed E-state index contributed by atoms with van der Waals surface area (Å²) >= 11 is 6.33. The molecule has 3 heterocycles. The summed E-state index contributed by atoms with van der Waals surface area (Å²) in [7, 11) is 0. The number of pyridine rings is 1. The average molecular weight is 583 g/mol. The van der Waals surface area contributed by atoms with Crippen molar-refractivity contribution in [1.82, 2.24) is 14.7 Å². The Labute approximate surface area is 233 Å². The van der Waals surface area contributed by atoms with E-state index < -0.39 is 46.8 Å². The first-order valence-corrected chi connectivity index (χ1v) is 12.4. The van der Waals surface area contributed by atoms with Gasteiger partial charge in [-0.15, -0.1) is 0 Å². The molecule has 0 fully saturated rings. The molecule has 1 aliphatic rings. The van der Waals surface area contributed by atoms with Crippen molar-refractivity contribution in [1.29, 1.82) is 0 Å². The van der Waals surface area contributed by atoms with Gasteiger partial charge in [0.1, 0.15) is 17.3 Å². The van der Waals surface area contributed by atoms with E-state index >= 15 is 0 Å². The van der Waals surface area contributed by atoms with Gasteiger partial charge in [-0.05, 0) is 71.8 Å². The second kappa shape index (κ2) is 9.70. The third-order valence-electron chi connectivity index (χ3n) is 6.72. The van der Waals surface area contributed by atoms with Crippen LogP contribution in [-0.4, -0.2) is 21.2 Å². The van der Waals surface area contributed by atoms with Gasteiger partial charge in [0.05, 0.1) is 11.6 Å². The third kappa shape index (κ3) is 4.89. The van der Waals surface area contributed by atoms with Crippen LogP contribution in [0.25, 0.3) is 16.8 Å². The molecular weight excluding hydrogens is 567 g/mol. The van der Waals surface area contributed by atoms with Gasteiger partial charge in [0.2, 0.25) is 0 Å². The summed E-state index contributed by atoms with van der Waals surface area (Å²) < 4.78 is 69.9. The molecule has 0 bridgehead atoms. The molecular formula is C29H16ClF5N4O2. The molecule has 0 unspecified atom stereocenters. The minimum atomic E-state index is -4.89. The number of alkyl halides is 3. The zero-order valence-electron chi connectivity index (χ0n) is 20.6. The number of aromatic nitrogens is 2. The standard InChI is InChI=1S/C29H16ClF5N4O2/c30-22-2-1-18(31)13-20(22)26-25-21(28(41)38-26)9-15(14-3-5-39-6-4-36-24(39)11-14)10-23(25)37-27(40)16-7-17(29(33,34)35)12-19(32)8-16/h1-13,26H,(H,37,40)(H,38,41)/t26-/m1/s1. The lowest BCUT2D eigenvalue weighted by Gasteiger charge is -2.19. The molecule has 0 saturated heterocycles. The summed E-state index contributed by atoms with van der Waals surface area (Å²) in [6, 6.07) is 10.7. The fourth-order valence-electron chi connectivity index (χ4n) is 4.84. The number of fused-ring (bicyclic) bond motifs is 2. The van der Waals surface area contributed by atoms with Crippen LogP contribution in [0.5, 0.6) is 0 Å². The van der Waals surface area contributed by atoms with Crippen molar-refractivity contribution in [3.63, 3.8) is 0 Å². The van der Waals surface area contributed by atoms with Crippen molar-refractivity contribution >= 4 is 34.7 Å². The molecule has 0 saturated carbocycles. The molecule has 5 aromatic rings. The number of nitrogens with zero attached hydrogens (tertiary/aromatic N) is 2. The predicted octanol–water partition coefficient (Wildman–Crippen LogP) is 7.04. The number of anilines is 1. The number of nitrogens with one attached hydrogen (secondary N) is 2. The van der Waals surface area contributed by atoms with Gasteiger partial charge in [-0.2, -0.15) is 13.2 Å².